The van der Waals surface area contributed by atoms with Crippen LogP contribution < -0.4 is 0 Å². The molecule has 0 spiro atoms. The molecule has 2 heterocycles. The molecule has 1 amide bonds. The fraction of sp³-hybridized carbons (Fsp3) is 0.611. The van der Waals surface area contributed by atoms with E-state index in [4.69, 9.17) is 4.74 Å². The minimum atomic E-state index is -0.217. The van der Waals surface area contributed by atoms with Crippen LogP contribution in [0.3, 0.4) is 0 Å². The topological polar surface area (TPSA) is 32.8 Å². The van der Waals surface area contributed by atoms with Crippen LogP contribution in [0, 0.1) is 11.7 Å². The van der Waals surface area contributed by atoms with Gasteiger partial charge in [-0.25, -0.2) is 4.39 Å². The maximum atomic E-state index is 12.9. The van der Waals surface area contributed by atoms with E-state index in [1.807, 2.05) is 4.90 Å². The summed E-state index contributed by atoms with van der Waals surface area (Å²) in [6.07, 6.45) is 2.16. The molecule has 2 aliphatic rings. The summed E-state index contributed by atoms with van der Waals surface area (Å²) in [6, 6.07) is 6.71. The molecule has 1 aromatic rings. The molecule has 3 rings (SSSR count). The van der Waals surface area contributed by atoms with E-state index < -0.39 is 0 Å². The summed E-state index contributed by atoms with van der Waals surface area (Å²) < 4.78 is 18.6. The van der Waals surface area contributed by atoms with Gasteiger partial charge in [0.2, 0.25) is 5.91 Å². The molecule has 1 aromatic carbocycles. The zero-order chi connectivity index (χ0) is 16.2. The second-order valence-corrected chi connectivity index (χ2v) is 6.80. The molecule has 0 unspecified atom stereocenters. The minimum absolute atomic E-state index is 0.172. The lowest BCUT2D eigenvalue weighted by Crippen LogP contribution is -2.45. The zero-order valence-electron chi connectivity index (χ0n) is 13.7. The number of benzene rings is 1. The van der Waals surface area contributed by atoms with Crippen molar-refractivity contribution in [2.45, 2.75) is 25.3 Å². The van der Waals surface area contributed by atoms with E-state index in [-0.39, 0.29) is 17.8 Å². The molecule has 5 heteroatoms. The highest BCUT2D eigenvalue weighted by Crippen LogP contribution is 2.20. The first-order valence-corrected chi connectivity index (χ1v) is 8.42. The molecule has 0 aliphatic carbocycles. The van der Waals surface area contributed by atoms with Gasteiger partial charge in [-0.1, -0.05) is 12.1 Å². The molecule has 4 nitrogen and oxygen atoms in total. The molecule has 126 valence electrons. The second kappa shape index (κ2) is 7.41. The first-order valence-electron chi connectivity index (χ1n) is 8.42. The number of carbonyl (C=O) groups is 1. The van der Waals surface area contributed by atoms with Crippen molar-refractivity contribution in [3.05, 3.63) is 35.6 Å². The minimum Gasteiger partial charge on any atom is -0.379 e. The van der Waals surface area contributed by atoms with Crippen molar-refractivity contribution in [2.24, 2.45) is 5.92 Å². The van der Waals surface area contributed by atoms with Crippen LogP contribution in [0.1, 0.15) is 18.4 Å². The Morgan fingerprint density at radius 2 is 2.00 bits per heavy atom. The summed E-state index contributed by atoms with van der Waals surface area (Å²) in [5.41, 5.74) is 1.08. The van der Waals surface area contributed by atoms with Gasteiger partial charge in [-0.2, -0.15) is 0 Å². The smallest absolute Gasteiger partial charge is 0.222 e. The predicted molar refractivity (Wildman–Crippen MR) is 86.6 cm³/mol. The number of hydrogen-bond acceptors (Lipinski definition) is 3. The Morgan fingerprint density at radius 3 is 2.78 bits per heavy atom. The first-order chi connectivity index (χ1) is 11.1. The van der Waals surface area contributed by atoms with Gasteiger partial charge in [0.1, 0.15) is 5.82 Å². The molecule has 0 saturated carbocycles. The number of nitrogens with zero attached hydrogens (tertiary/aromatic N) is 2. The third kappa shape index (κ3) is 4.30. The van der Waals surface area contributed by atoms with Crippen LogP contribution >= 0.6 is 0 Å². The summed E-state index contributed by atoms with van der Waals surface area (Å²) in [4.78, 5) is 17.0. The van der Waals surface area contributed by atoms with Crippen LogP contribution in [0.5, 0.6) is 0 Å². The number of likely N-dealkylation sites (N-methyl/N-ethyl adjacent to an activating group) is 1. The lowest BCUT2D eigenvalue weighted by atomic mass is 10.1. The van der Waals surface area contributed by atoms with Gasteiger partial charge in [0, 0.05) is 32.0 Å². The van der Waals surface area contributed by atoms with Gasteiger partial charge in [-0.15, -0.1) is 0 Å². The average molecular weight is 320 g/mol. The van der Waals surface area contributed by atoms with Crippen molar-refractivity contribution in [2.75, 3.05) is 39.9 Å². The Kier molecular flexibility index (Phi) is 5.28. The molecular weight excluding hydrogens is 295 g/mol. The molecule has 2 fully saturated rings. The predicted octanol–water partition coefficient (Wildman–Crippen LogP) is 1.94. The quantitative estimate of drug-likeness (QED) is 0.850. The summed E-state index contributed by atoms with van der Waals surface area (Å²) in [5.74, 6) is 0.419. The first kappa shape index (κ1) is 16.4. The van der Waals surface area contributed by atoms with Gasteiger partial charge >= 0.3 is 0 Å². The summed E-state index contributed by atoms with van der Waals surface area (Å²) >= 11 is 0. The highest BCUT2D eigenvalue weighted by molar-refractivity contribution is 5.76. The van der Waals surface area contributed by atoms with Gasteiger partial charge in [0.25, 0.3) is 0 Å². The van der Waals surface area contributed by atoms with Crippen LogP contribution in [0.4, 0.5) is 4.39 Å². The Balaban J connectivity index is 1.54. The number of amides is 1. The van der Waals surface area contributed by atoms with E-state index in [0.717, 1.165) is 44.6 Å². The van der Waals surface area contributed by atoms with E-state index in [2.05, 4.69) is 11.9 Å². The third-order valence-corrected chi connectivity index (χ3v) is 4.74. The van der Waals surface area contributed by atoms with E-state index in [1.54, 1.807) is 12.1 Å². The molecular formula is C18H25FN2O2. The maximum Gasteiger partial charge on any atom is 0.222 e. The number of rotatable bonds is 4. The Labute approximate surface area is 137 Å². The number of aryl methyl sites for hydroxylation is 1. The molecule has 2 saturated heterocycles. The lowest BCUT2D eigenvalue weighted by molar-refractivity contribution is -0.134. The van der Waals surface area contributed by atoms with Crippen LogP contribution in [0.2, 0.25) is 0 Å². The summed E-state index contributed by atoms with van der Waals surface area (Å²) in [5, 5.41) is 0. The Bertz CT molecular complexity index is 534. The van der Waals surface area contributed by atoms with Gasteiger partial charge < -0.3 is 14.5 Å². The Morgan fingerprint density at radius 1 is 1.22 bits per heavy atom. The highest BCUT2D eigenvalue weighted by atomic mass is 19.1. The standard InChI is InChI=1S/C18H25FN2O2/c1-20-9-15-10-21(17(11-20)13-23-12-15)18(22)4-2-3-14-5-7-16(19)8-6-14/h5-8,15,17H,2-4,9-13H2,1H3/t15-,17-/m0/s1. The van der Waals surface area contributed by atoms with E-state index >= 15 is 0 Å². The number of carbonyl (C=O) groups excluding carboxylic acids is 1. The molecule has 0 N–H and O–H groups in total. The molecule has 0 radical (unpaired) electrons. The molecule has 2 bridgehead atoms. The van der Waals surface area contributed by atoms with Gasteiger partial charge in [-0.3, -0.25) is 4.79 Å². The largest absolute Gasteiger partial charge is 0.379 e. The van der Waals surface area contributed by atoms with Crippen molar-refractivity contribution >= 4 is 5.91 Å². The average Bonchev–Trinajstić information content (AvgIpc) is 2.79. The van der Waals surface area contributed by atoms with Crippen molar-refractivity contribution in [1.82, 2.24) is 9.80 Å². The van der Waals surface area contributed by atoms with E-state index in [9.17, 15) is 9.18 Å². The molecule has 0 aromatic heterocycles. The number of fused-ring (bicyclic) bond motifs is 3. The number of halogens is 1. The summed E-state index contributed by atoms with van der Waals surface area (Å²) in [7, 11) is 2.12. The van der Waals surface area contributed by atoms with E-state index in [1.165, 1.54) is 12.1 Å². The van der Waals surface area contributed by atoms with Crippen LogP contribution in [-0.2, 0) is 16.0 Å². The Hall–Kier alpha value is -1.46. The van der Waals surface area contributed by atoms with Crippen molar-refractivity contribution < 1.29 is 13.9 Å². The summed E-state index contributed by atoms with van der Waals surface area (Å²) in [6.45, 7) is 4.09. The van der Waals surface area contributed by atoms with Crippen molar-refractivity contribution in [1.29, 1.82) is 0 Å². The normalized spacial score (nSPS) is 25.2. The molecule has 23 heavy (non-hydrogen) atoms. The fourth-order valence-electron chi connectivity index (χ4n) is 3.62. The van der Waals surface area contributed by atoms with Crippen LogP contribution in [-0.4, -0.2) is 61.6 Å². The monoisotopic (exact) mass is 320 g/mol. The van der Waals surface area contributed by atoms with Gasteiger partial charge in [0.15, 0.2) is 0 Å². The van der Waals surface area contributed by atoms with E-state index in [0.29, 0.717) is 18.9 Å². The number of ether oxygens (including phenoxy) is 1. The van der Waals surface area contributed by atoms with Gasteiger partial charge in [0.05, 0.1) is 19.3 Å². The van der Waals surface area contributed by atoms with Gasteiger partial charge in [-0.05, 0) is 37.6 Å². The van der Waals surface area contributed by atoms with Crippen molar-refractivity contribution in [3.8, 4) is 0 Å². The fourth-order valence-corrected chi connectivity index (χ4v) is 3.62. The molecule has 2 aliphatic heterocycles. The lowest BCUT2D eigenvalue weighted by Gasteiger charge is -2.29. The SMILES string of the molecule is CN1C[C@@H]2COC[C@H](C1)N(C(=O)CCCc1ccc(F)cc1)C2. The van der Waals surface area contributed by atoms with Crippen LogP contribution in [0.15, 0.2) is 24.3 Å². The third-order valence-electron chi connectivity index (χ3n) is 4.74. The zero-order valence-corrected chi connectivity index (χ0v) is 13.7. The number of hydrogen-bond donors (Lipinski definition) is 0. The second-order valence-electron chi connectivity index (χ2n) is 6.80. The van der Waals surface area contributed by atoms with Crippen LogP contribution in [0.25, 0.3) is 0 Å². The molecule has 2 atom stereocenters. The maximum absolute atomic E-state index is 12.9. The van der Waals surface area contributed by atoms with Crippen molar-refractivity contribution in [3.63, 3.8) is 0 Å². The highest BCUT2D eigenvalue weighted by Gasteiger charge is 2.34.